The molecule has 0 aliphatic heterocycles. The molecule has 0 aliphatic carbocycles. The third-order valence-corrected chi connectivity index (χ3v) is 7.01. The van der Waals surface area contributed by atoms with Gasteiger partial charge in [0.1, 0.15) is 6.33 Å². The van der Waals surface area contributed by atoms with Crippen molar-refractivity contribution in [1.29, 1.82) is 0 Å². The topological polar surface area (TPSA) is 123 Å². The summed E-state index contributed by atoms with van der Waals surface area (Å²) in [6, 6.07) is 11.9. The van der Waals surface area contributed by atoms with Crippen LogP contribution in [0, 0.1) is 0 Å². The van der Waals surface area contributed by atoms with Crippen LogP contribution in [0.15, 0.2) is 59.9 Å². The molecular formula is C18H17N5O4S3. The van der Waals surface area contributed by atoms with Gasteiger partial charge in [0, 0.05) is 46.9 Å². The Kier molecular flexibility index (Phi) is 5.00. The monoisotopic (exact) mass is 463 g/mol. The zero-order chi connectivity index (χ0) is 21.5. The van der Waals surface area contributed by atoms with Gasteiger partial charge in [-0.25, -0.2) is 21.8 Å². The molecule has 0 atom stereocenters. The first-order valence-electron chi connectivity index (χ1n) is 8.59. The smallest absolute Gasteiger partial charge is 0.263 e. The van der Waals surface area contributed by atoms with Gasteiger partial charge in [-0.2, -0.15) is 4.37 Å². The second-order valence-corrected chi connectivity index (χ2v) is 10.8. The number of aryl methyl sites for hydroxylation is 1. The van der Waals surface area contributed by atoms with Crippen LogP contribution in [0.4, 0.5) is 10.8 Å². The third-order valence-electron chi connectivity index (χ3n) is 4.35. The van der Waals surface area contributed by atoms with Gasteiger partial charge in [0.2, 0.25) is 15.2 Å². The van der Waals surface area contributed by atoms with Gasteiger partial charge in [0.25, 0.3) is 10.0 Å². The number of benzene rings is 2. The van der Waals surface area contributed by atoms with Crippen LogP contribution < -0.4 is 9.44 Å². The fourth-order valence-corrected chi connectivity index (χ4v) is 5.33. The van der Waals surface area contributed by atoms with E-state index in [2.05, 4.69) is 18.8 Å². The molecular weight excluding hydrogens is 446 g/mol. The summed E-state index contributed by atoms with van der Waals surface area (Å²) in [6.07, 6.45) is 4.28. The lowest BCUT2D eigenvalue weighted by molar-refractivity contribution is 0.600. The van der Waals surface area contributed by atoms with Crippen LogP contribution >= 0.6 is 11.5 Å². The van der Waals surface area contributed by atoms with Crippen molar-refractivity contribution in [3.8, 4) is 11.1 Å². The maximum Gasteiger partial charge on any atom is 0.263 e. The van der Waals surface area contributed by atoms with Crippen LogP contribution in [-0.2, 0) is 27.1 Å². The van der Waals surface area contributed by atoms with Crippen LogP contribution in [0.1, 0.15) is 0 Å². The highest BCUT2D eigenvalue weighted by Gasteiger charge is 2.18. The fraction of sp³-hybridized carbons (Fsp3) is 0.111. The number of rotatable bonds is 6. The van der Waals surface area contributed by atoms with Crippen molar-refractivity contribution >= 4 is 53.3 Å². The number of hydrogen-bond acceptors (Lipinski definition) is 7. The van der Waals surface area contributed by atoms with Gasteiger partial charge in [-0.15, -0.1) is 0 Å². The highest BCUT2D eigenvalue weighted by Crippen LogP contribution is 2.32. The SMILES string of the molecule is Cn1cc(-c2ccc(NS(C)(=O)=O)cc2)c2ccc(S(=O)(=O)Nc3ncns3)cc21. The zero-order valence-corrected chi connectivity index (χ0v) is 18.3. The normalized spacial score (nSPS) is 12.2. The van der Waals surface area contributed by atoms with Gasteiger partial charge in [-0.1, -0.05) is 18.2 Å². The summed E-state index contributed by atoms with van der Waals surface area (Å²) in [7, 11) is -5.30. The first kappa shape index (κ1) is 20.3. The Hall–Kier alpha value is -2.96. The minimum atomic E-state index is -3.79. The van der Waals surface area contributed by atoms with Crippen LogP contribution in [0.25, 0.3) is 22.0 Å². The lowest BCUT2D eigenvalue weighted by Crippen LogP contribution is -2.12. The molecule has 2 aromatic carbocycles. The number of nitrogens with one attached hydrogen (secondary N) is 2. The number of nitrogens with zero attached hydrogens (tertiary/aromatic N) is 3. The van der Waals surface area contributed by atoms with E-state index in [1.54, 1.807) is 24.3 Å². The number of sulfonamides is 2. The van der Waals surface area contributed by atoms with Crippen molar-refractivity contribution in [3.05, 3.63) is 55.0 Å². The Balaban J connectivity index is 1.70. The molecule has 0 unspecified atom stereocenters. The highest BCUT2D eigenvalue weighted by atomic mass is 32.2. The molecule has 0 amide bonds. The zero-order valence-electron chi connectivity index (χ0n) is 15.9. The van der Waals surface area contributed by atoms with Crippen molar-refractivity contribution in [1.82, 2.24) is 13.9 Å². The first-order chi connectivity index (χ1) is 14.1. The summed E-state index contributed by atoms with van der Waals surface area (Å²) in [5.41, 5.74) is 2.99. The van der Waals surface area contributed by atoms with Crippen molar-refractivity contribution in [2.75, 3.05) is 15.7 Å². The molecule has 0 aliphatic rings. The summed E-state index contributed by atoms with van der Waals surface area (Å²) in [6.45, 7) is 0. The molecule has 0 spiro atoms. The molecule has 0 bridgehead atoms. The summed E-state index contributed by atoms with van der Waals surface area (Å²) in [5.74, 6) is 0. The largest absolute Gasteiger partial charge is 0.350 e. The second kappa shape index (κ2) is 7.38. The molecule has 2 aromatic heterocycles. The highest BCUT2D eigenvalue weighted by molar-refractivity contribution is 7.93. The van der Waals surface area contributed by atoms with Crippen LogP contribution in [-0.4, -0.2) is 37.0 Å². The number of anilines is 2. The fourth-order valence-electron chi connectivity index (χ4n) is 3.08. The van der Waals surface area contributed by atoms with E-state index in [4.69, 9.17) is 0 Å². The van der Waals surface area contributed by atoms with Gasteiger partial charge in [-0.05, 0) is 29.8 Å². The molecule has 9 nitrogen and oxygen atoms in total. The van der Waals surface area contributed by atoms with Crippen molar-refractivity contribution in [2.24, 2.45) is 7.05 Å². The molecule has 4 rings (SSSR count). The quantitative estimate of drug-likeness (QED) is 0.453. The van der Waals surface area contributed by atoms with Gasteiger partial charge < -0.3 is 4.57 Å². The summed E-state index contributed by atoms with van der Waals surface area (Å²) >= 11 is 0.958. The molecule has 0 radical (unpaired) electrons. The van der Waals surface area contributed by atoms with Gasteiger partial charge in [-0.3, -0.25) is 9.44 Å². The van der Waals surface area contributed by atoms with Crippen molar-refractivity contribution < 1.29 is 16.8 Å². The molecule has 12 heteroatoms. The Labute approximate surface area is 177 Å². The van der Waals surface area contributed by atoms with Crippen LogP contribution in [0.5, 0.6) is 0 Å². The first-order valence-corrected chi connectivity index (χ1v) is 12.7. The summed E-state index contributed by atoms with van der Waals surface area (Å²) in [5, 5.41) is 1.07. The summed E-state index contributed by atoms with van der Waals surface area (Å²) in [4.78, 5) is 3.97. The second-order valence-electron chi connectivity index (χ2n) is 6.64. The van der Waals surface area contributed by atoms with Crippen LogP contribution in [0.2, 0.25) is 0 Å². The molecule has 0 saturated carbocycles. The Morgan fingerprint density at radius 2 is 1.73 bits per heavy atom. The van der Waals surface area contributed by atoms with Gasteiger partial charge in [0.05, 0.1) is 11.2 Å². The maximum absolute atomic E-state index is 12.6. The van der Waals surface area contributed by atoms with E-state index in [9.17, 15) is 16.8 Å². The van der Waals surface area contributed by atoms with E-state index < -0.39 is 20.0 Å². The molecule has 0 fully saturated rings. The summed E-state index contributed by atoms with van der Waals surface area (Å²) < 4.78 is 58.5. The van der Waals surface area contributed by atoms with E-state index >= 15 is 0 Å². The Morgan fingerprint density at radius 3 is 2.37 bits per heavy atom. The molecule has 4 aromatic rings. The van der Waals surface area contributed by atoms with Crippen molar-refractivity contribution in [2.45, 2.75) is 4.90 Å². The Morgan fingerprint density at radius 1 is 1.00 bits per heavy atom. The third kappa shape index (κ3) is 4.15. The molecule has 2 heterocycles. The molecule has 2 N–H and O–H groups in total. The van der Waals surface area contributed by atoms with E-state index in [0.29, 0.717) is 5.69 Å². The number of hydrogen-bond donors (Lipinski definition) is 2. The average Bonchev–Trinajstić information content (AvgIpc) is 3.28. The molecule has 156 valence electrons. The van der Waals surface area contributed by atoms with Gasteiger partial charge in [0.15, 0.2) is 0 Å². The maximum atomic E-state index is 12.6. The predicted octanol–water partition coefficient (Wildman–Crippen LogP) is 2.87. The van der Waals surface area contributed by atoms with Crippen molar-refractivity contribution in [3.63, 3.8) is 0 Å². The average molecular weight is 464 g/mol. The predicted molar refractivity (Wildman–Crippen MR) is 118 cm³/mol. The van der Waals surface area contributed by atoms with E-state index in [1.807, 2.05) is 29.9 Å². The standard InChI is InChI=1S/C18H17N5O4S3/c1-23-10-16(12-3-5-13(6-4-12)21-29(2,24)25)15-8-7-14(9-17(15)23)30(26,27)22-18-19-11-20-28-18/h3-11,21H,1-2H3,(H,19,20,22). The Bertz CT molecular complexity index is 1430. The number of aromatic nitrogens is 3. The van der Waals surface area contributed by atoms with E-state index in [-0.39, 0.29) is 10.0 Å². The van der Waals surface area contributed by atoms with Crippen LogP contribution in [0.3, 0.4) is 0 Å². The van der Waals surface area contributed by atoms with Gasteiger partial charge >= 0.3 is 0 Å². The van der Waals surface area contributed by atoms with E-state index in [1.165, 1.54) is 12.4 Å². The lowest BCUT2D eigenvalue weighted by Gasteiger charge is -2.07. The van der Waals surface area contributed by atoms with E-state index in [0.717, 1.165) is 39.8 Å². The minimum absolute atomic E-state index is 0.116. The minimum Gasteiger partial charge on any atom is -0.350 e. The molecule has 0 saturated heterocycles. The molecule has 30 heavy (non-hydrogen) atoms. The lowest BCUT2D eigenvalue weighted by atomic mass is 10.0. The number of fused-ring (bicyclic) bond motifs is 1.